The Bertz CT molecular complexity index is 325. The molecule has 1 aromatic carbocycles. The minimum Gasteiger partial charge on any atom is -0.387 e. The number of rotatable bonds is 9. The second-order valence-corrected chi connectivity index (χ2v) is 4.39. The van der Waals surface area contributed by atoms with Crippen molar-refractivity contribution in [2.24, 2.45) is 0 Å². The van der Waals surface area contributed by atoms with Crippen LogP contribution in [0.4, 0.5) is 0 Å². The van der Waals surface area contributed by atoms with Crippen LogP contribution in [-0.2, 0) is 9.47 Å². The van der Waals surface area contributed by atoms with Gasteiger partial charge in [-0.05, 0) is 26.3 Å². The van der Waals surface area contributed by atoms with Crippen LogP contribution in [0.5, 0.6) is 0 Å². The topological polar surface area (TPSA) is 50.7 Å². The van der Waals surface area contributed by atoms with Crippen molar-refractivity contribution in [3.8, 4) is 0 Å². The van der Waals surface area contributed by atoms with Crippen LogP contribution < -0.4 is 5.32 Å². The fraction of sp³-hybridized carbons (Fsp3) is 0.600. The molecule has 1 aromatic rings. The van der Waals surface area contributed by atoms with Crippen molar-refractivity contribution >= 4 is 0 Å². The van der Waals surface area contributed by atoms with Crippen LogP contribution in [-0.4, -0.2) is 37.2 Å². The molecule has 2 atom stereocenters. The average molecular weight is 267 g/mol. The molecule has 0 saturated carbocycles. The van der Waals surface area contributed by atoms with Gasteiger partial charge in [-0.25, -0.2) is 0 Å². The minimum absolute atomic E-state index is 0.0641. The van der Waals surface area contributed by atoms with Crippen LogP contribution >= 0.6 is 0 Å². The number of nitrogens with one attached hydrogen (secondary N) is 1. The van der Waals surface area contributed by atoms with Gasteiger partial charge in [0.25, 0.3) is 0 Å². The minimum atomic E-state index is -0.537. The van der Waals surface area contributed by atoms with Gasteiger partial charge in [-0.2, -0.15) is 0 Å². The fourth-order valence-corrected chi connectivity index (χ4v) is 1.87. The van der Waals surface area contributed by atoms with E-state index in [1.807, 2.05) is 51.1 Å². The van der Waals surface area contributed by atoms with Crippen molar-refractivity contribution in [1.29, 1.82) is 0 Å². The summed E-state index contributed by atoms with van der Waals surface area (Å²) < 4.78 is 10.9. The Kier molecular flexibility index (Phi) is 7.67. The van der Waals surface area contributed by atoms with Gasteiger partial charge in [-0.1, -0.05) is 30.3 Å². The lowest BCUT2D eigenvalue weighted by molar-refractivity contribution is -0.134. The number of aliphatic hydroxyl groups excluding tert-OH is 1. The molecule has 0 aliphatic rings. The summed E-state index contributed by atoms with van der Waals surface area (Å²) in [6.07, 6.45) is -0.800. The van der Waals surface area contributed by atoms with Crippen molar-refractivity contribution in [1.82, 2.24) is 5.32 Å². The lowest BCUT2D eigenvalue weighted by atomic mass is 10.0. The van der Waals surface area contributed by atoms with E-state index in [2.05, 4.69) is 5.32 Å². The number of hydrogen-bond donors (Lipinski definition) is 2. The third-order valence-electron chi connectivity index (χ3n) is 2.93. The molecule has 0 bridgehead atoms. The maximum Gasteiger partial charge on any atom is 0.169 e. The number of benzene rings is 1. The van der Waals surface area contributed by atoms with Crippen LogP contribution in [0.3, 0.4) is 0 Å². The molecule has 0 aliphatic carbocycles. The third kappa shape index (κ3) is 5.70. The van der Waals surface area contributed by atoms with E-state index in [4.69, 9.17) is 9.47 Å². The zero-order valence-corrected chi connectivity index (χ0v) is 12.0. The van der Waals surface area contributed by atoms with Crippen molar-refractivity contribution in [3.05, 3.63) is 35.9 Å². The smallest absolute Gasteiger partial charge is 0.169 e. The number of aliphatic hydroxyl groups is 1. The molecule has 0 spiro atoms. The lowest BCUT2D eigenvalue weighted by Gasteiger charge is -2.24. The summed E-state index contributed by atoms with van der Waals surface area (Å²) in [5, 5.41) is 13.5. The summed E-state index contributed by atoms with van der Waals surface area (Å²) in [6.45, 7) is 7.62. The normalized spacial score (nSPS) is 14.6. The highest BCUT2D eigenvalue weighted by Crippen LogP contribution is 2.16. The van der Waals surface area contributed by atoms with Gasteiger partial charge in [-0.15, -0.1) is 0 Å². The van der Waals surface area contributed by atoms with Crippen LogP contribution in [0, 0.1) is 0 Å². The van der Waals surface area contributed by atoms with Gasteiger partial charge in [0.05, 0.1) is 6.10 Å². The highest BCUT2D eigenvalue weighted by molar-refractivity contribution is 5.18. The summed E-state index contributed by atoms with van der Waals surface area (Å²) in [5.41, 5.74) is 0.909. The summed E-state index contributed by atoms with van der Waals surface area (Å²) in [7, 11) is 0. The van der Waals surface area contributed by atoms with E-state index < -0.39 is 6.10 Å². The zero-order valence-electron chi connectivity index (χ0n) is 12.0. The van der Waals surface area contributed by atoms with Crippen LogP contribution in [0.2, 0.25) is 0 Å². The quantitative estimate of drug-likeness (QED) is 0.673. The SMILES string of the molecule is CCOC(CNC(C)C(O)c1ccccc1)OCC. The maximum atomic E-state index is 10.2. The summed E-state index contributed by atoms with van der Waals surface area (Å²) >= 11 is 0. The molecule has 19 heavy (non-hydrogen) atoms. The molecule has 0 fully saturated rings. The first-order chi connectivity index (χ1) is 9.19. The van der Waals surface area contributed by atoms with Crippen LogP contribution in [0.1, 0.15) is 32.4 Å². The largest absolute Gasteiger partial charge is 0.387 e. The van der Waals surface area contributed by atoms with Crippen molar-refractivity contribution in [3.63, 3.8) is 0 Å². The van der Waals surface area contributed by atoms with Gasteiger partial charge in [0.15, 0.2) is 6.29 Å². The first kappa shape index (κ1) is 16.1. The molecule has 4 nitrogen and oxygen atoms in total. The second-order valence-electron chi connectivity index (χ2n) is 4.39. The van der Waals surface area contributed by atoms with Gasteiger partial charge in [-0.3, -0.25) is 0 Å². The van der Waals surface area contributed by atoms with E-state index in [9.17, 15) is 5.11 Å². The monoisotopic (exact) mass is 267 g/mol. The van der Waals surface area contributed by atoms with Gasteiger partial charge in [0.1, 0.15) is 0 Å². The van der Waals surface area contributed by atoms with E-state index in [-0.39, 0.29) is 12.3 Å². The van der Waals surface area contributed by atoms with Crippen molar-refractivity contribution < 1.29 is 14.6 Å². The molecule has 2 N–H and O–H groups in total. The standard InChI is InChI=1S/C15H25NO3/c1-4-18-14(19-5-2)11-16-12(3)15(17)13-9-7-6-8-10-13/h6-10,12,14-17H,4-5,11H2,1-3H3. The van der Waals surface area contributed by atoms with Crippen molar-refractivity contribution in [2.75, 3.05) is 19.8 Å². The maximum absolute atomic E-state index is 10.2. The molecule has 1 rings (SSSR count). The summed E-state index contributed by atoms with van der Waals surface area (Å²) in [5.74, 6) is 0. The number of ether oxygens (including phenoxy) is 2. The predicted octanol–water partition coefficient (Wildman–Crippen LogP) is 2.10. The molecule has 108 valence electrons. The number of hydrogen-bond acceptors (Lipinski definition) is 4. The Balaban J connectivity index is 2.43. The molecule has 0 radical (unpaired) electrons. The highest BCUT2D eigenvalue weighted by Gasteiger charge is 2.17. The highest BCUT2D eigenvalue weighted by atomic mass is 16.7. The van der Waals surface area contributed by atoms with Gasteiger partial charge in [0, 0.05) is 25.8 Å². The summed E-state index contributed by atoms with van der Waals surface area (Å²) in [6, 6.07) is 9.57. The van der Waals surface area contributed by atoms with E-state index in [1.165, 1.54) is 0 Å². The Morgan fingerprint density at radius 2 is 1.68 bits per heavy atom. The van der Waals surface area contributed by atoms with Crippen molar-refractivity contribution in [2.45, 2.75) is 39.2 Å². The predicted molar refractivity (Wildman–Crippen MR) is 75.9 cm³/mol. The molecular formula is C15H25NO3. The molecule has 2 unspecified atom stereocenters. The zero-order chi connectivity index (χ0) is 14.1. The first-order valence-corrected chi connectivity index (χ1v) is 6.88. The molecule has 0 saturated heterocycles. The van der Waals surface area contributed by atoms with Gasteiger partial charge in [0.2, 0.25) is 0 Å². The van der Waals surface area contributed by atoms with E-state index in [1.54, 1.807) is 0 Å². The van der Waals surface area contributed by atoms with E-state index in [0.717, 1.165) is 5.56 Å². The van der Waals surface area contributed by atoms with Crippen LogP contribution in [0.25, 0.3) is 0 Å². The Morgan fingerprint density at radius 3 is 2.21 bits per heavy atom. The van der Waals surface area contributed by atoms with E-state index >= 15 is 0 Å². The van der Waals surface area contributed by atoms with Crippen LogP contribution in [0.15, 0.2) is 30.3 Å². The lowest BCUT2D eigenvalue weighted by Crippen LogP contribution is -2.39. The Labute approximate surface area is 115 Å². The van der Waals surface area contributed by atoms with Gasteiger partial charge < -0.3 is 19.9 Å². The van der Waals surface area contributed by atoms with Gasteiger partial charge >= 0.3 is 0 Å². The fourth-order valence-electron chi connectivity index (χ4n) is 1.87. The average Bonchev–Trinajstić information content (AvgIpc) is 2.45. The molecule has 0 aliphatic heterocycles. The molecule has 0 heterocycles. The Hall–Kier alpha value is -0.940. The summed E-state index contributed by atoms with van der Waals surface area (Å²) in [4.78, 5) is 0. The first-order valence-electron chi connectivity index (χ1n) is 6.88. The third-order valence-corrected chi connectivity index (χ3v) is 2.93. The molecular weight excluding hydrogens is 242 g/mol. The molecule has 0 aromatic heterocycles. The Morgan fingerprint density at radius 1 is 1.11 bits per heavy atom. The second kappa shape index (κ2) is 9.04. The molecule has 4 heteroatoms. The molecule has 0 amide bonds. The van der Waals surface area contributed by atoms with E-state index in [0.29, 0.717) is 19.8 Å².